The number of guanidine groups is 1. The number of hydrogen-bond donors (Lipinski definition) is 2. The minimum absolute atomic E-state index is 0.274. The van der Waals surface area contributed by atoms with E-state index in [4.69, 9.17) is 14.2 Å². The third-order valence-electron chi connectivity index (χ3n) is 3.68. The molecule has 0 radical (unpaired) electrons. The molecule has 0 spiro atoms. The summed E-state index contributed by atoms with van der Waals surface area (Å²) in [4.78, 5) is 4.60. The van der Waals surface area contributed by atoms with Crippen LogP contribution >= 0.6 is 0 Å². The van der Waals surface area contributed by atoms with Crippen LogP contribution in [0.5, 0.6) is 11.5 Å². The normalized spacial score (nSPS) is 11.6. The van der Waals surface area contributed by atoms with Gasteiger partial charge in [0.05, 0.1) is 19.3 Å². The molecule has 0 unspecified atom stereocenters. The molecule has 0 heterocycles. The van der Waals surface area contributed by atoms with E-state index in [0.29, 0.717) is 13.2 Å². The summed E-state index contributed by atoms with van der Waals surface area (Å²) in [5.74, 6) is 2.45. The van der Waals surface area contributed by atoms with E-state index in [0.717, 1.165) is 56.5 Å². The van der Waals surface area contributed by atoms with E-state index in [1.54, 1.807) is 0 Å². The smallest absolute Gasteiger partial charge is 0.191 e. The highest BCUT2D eigenvalue weighted by Crippen LogP contribution is 2.28. The van der Waals surface area contributed by atoms with Crippen molar-refractivity contribution in [1.29, 1.82) is 0 Å². The lowest BCUT2D eigenvalue weighted by Gasteiger charge is -2.14. The highest BCUT2D eigenvalue weighted by molar-refractivity contribution is 5.79. The Morgan fingerprint density at radius 2 is 1.78 bits per heavy atom. The molecule has 2 N–H and O–H groups in total. The minimum Gasteiger partial charge on any atom is -0.490 e. The summed E-state index contributed by atoms with van der Waals surface area (Å²) in [5.41, 5.74) is 1.20. The molecule has 0 aliphatic heterocycles. The van der Waals surface area contributed by atoms with E-state index in [1.807, 2.05) is 33.8 Å². The van der Waals surface area contributed by atoms with Crippen LogP contribution in [0.1, 0.15) is 46.6 Å². The maximum atomic E-state index is 5.70. The van der Waals surface area contributed by atoms with Crippen molar-refractivity contribution in [3.05, 3.63) is 23.8 Å². The van der Waals surface area contributed by atoms with Crippen molar-refractivity contribution in [1.82, 2.24) is 10.6 Å². The Bertz CT molecular complexity index is 547. The van der Waals surface area contributed by atoms with Crippen LogP contribution < -0.4 is 20.1 Å². The van der Waals surface area contributed by atoms with Gasteiger partial charge in [0.25, 0.3) is 0 Å². The van der Waals surface area contributed by atoms with Crippen LogP contribution in [0.3, 0.4) is 0 Å². The molecule has 1 aromatic rings. The number of ether oxygens (including phenoxy) is 3. The fraction of sp³-hybridized carbons (Fsp3) is 0.667. The Labute approximate surface area is 164 Å². The quantitative estimate of drug-likeness (QED) is 0.312. The van der Waals surface area contributed by atoms with Crippen LogP contribution in [-0.2, 0) is 11.2 Å². The number of hydrogen-bond acceptors (Lipinski definition) is 4. The van der Waals surface area contributed by atoms with E-state index in [1.165, 1.54) is 5.56 Å². The van der Waals surface area contributed by atoms with Crippen molar-refractivity contribution in [2.24, 2.45) is 4.99 Å². The Kier molecular flexibility index (Phi) is 12.1. The summed E-state index contributed by atoms with van der Waals surface area (Å²) in [6.07, 6.45) is 2.08. The first-order valence-corrected chi connectivity index (χ1v) is 10.1. The van der Waals surface area contributed by atoms with Crippen LogP contribution in [-0.4, -0.2) is 51.5 Å². The van der Waals surface area contributed by atoms with Gasteiger partial charge in [0.2, 0.25) is 0 Å². The third kappa shape index (κ3) is 10.1. The highest BCUT2D eigenvalue weighted by atomic mass is 16.5. The molecule has 0 aliphatic rings. The molecule has 0 bridgehead atoms. The topological polar surface area (TPSA) is 64.1 Å². The Hall–Kier alpha value is -1.95. The molecule has 6 nitrogen and oxygen atoms in total. The van der Waals surface area contributed by atoms with E-state index >= 15 is 0 Å². The molecule has 154 valence electrons. The van der Waals surface area contributed by atoms with Gasteiger partial charge in [0.15, 0.2) is 17.5 Å². The molecule has 1 aromatic carbocycles. The van der Waals surface area contributed by atoms with E-state index < -0.39 is 0 Å². The van der Waals surface area contributed by atoms with Gasteiger partial charge in [-0.1, -0.05) is 6.07 Å². The van der Waals surface area contributed by atoms with Gasteiger partial charge in [0.1, 0.15) is 0 Å². The molecule has 0 aliphatic carbocycles. The largest absolute Gasteiger partial charge is 0.490 e. The standard InChI is InChI=1S/C21H37N3O3/c1-6-22-21(23-13-9-15-27-17(4)5)24-14-12-18-10-11-19(25-7-2)20(16-18)26-8-3/h10-11,16-17H,6-9,12-15H2,1-5H3,(H2,22,23,24). The molecule has 0 fully saturated rings. The first-order chi connectivity index (χ1) is 13.1. The second-order valence-corrected chi connectivity index (χ2v) is 6.36. The molecule has 0 atom stereocenters. The maximum Gasteiger partial charge on any atom is 0.191 e. The third-order valence-corrected chi connectivity index (χ3v) is 3.68. The summed E-state index contributed by atoms with van der Waals surface area (Å²) in [5, 5.41) is 6.67. The van der Waals surface area contributed by atoms with Gasteiger partial charge in [-0.15, -0.1) is 0 Å². The maximum absolute atomic E-state index is 5.70. The number of rotatable bonds is 13. The monoisotopic (exact) mass is 379 g/mol. The lowest BCUT2D eigenvalue weighted by atomic mass is 10.1. The zero-order valence-corrected chi connectivity index (χ0v) is 17.6. The molecular formula is C21H37N3O3. The fourth-order valence-electron chi connectivity index (χ4n) is 2.49. The van der Waals surface area contributed by atoms with E-state index in [9.17, 15) is 0 Å². The van der Waals surface area contributed by atoms with Crippen molar-refractivity contribution in [3.63, 3.8) is 0 Å². The average molecular weight is 380 g/mol. The second-order valence-electron chi connectivity index (χ2n) is 6.36. The predicted octanol–water partition coefficient (Wildman–Crippen LogP) is 3.40. The Balaban J connectivity index is 2.50. The molecule has 1 rings (SSSR count). The van der Waals surface area contributed by atoms with Crippen molar-refractivity contribution < 1.29 is 14.2 Å². The fourth-order valence-corrected chi connectivity index (χ4v) is 2.49. The minimum atomic E-state index is 0.274. The van der Waals surface area contributed by atoms with Crippen LogP contribution in [0.15, 0.2) is 23.2 Å². The van der Waals surface area contributed by atoms with Crippen molar-refractivity contribution >= 4 is 5.96 Å². The number of nitrogens with zero attached hydrogens (tertiary/aromatic N) is 1. The lowest BCUT2D eigenvalue weighted by molar-refractivity contribution is 0.0782. The molecule has 6 heteroatoms. The molecule has 27 heavy (non-hydrogen) atoms. The molecular weight excluding hydrogens is 342 g/mol. The van der Waals surface area contributed by atoms with Gasteiger partial charge >= 0.3 is 0 Å². The van der Waals surface area contributed by atoms with Gasteiger partial charge in [-0.3, -0.25) is 4.99 Å². The van der Waals surface area contributed by atoms with Crippen LogP contribution in [0.25, 0.3) is 0 Å². The first-order valence-electron chi connectivity index (χ1n) is 10.1. The number of benzene rings is 1. The number of aliphatic imine (C=N–C) groups is 1. The SMILES string of the molecule is CCNC(=NCCCOC(C)C)NCCc1ccc(OCC)c(OCC)c1. The van der Waals surface area contributed by atoms with Crippen molar-refractivity contribution in [2.45, 2.75) is 53.6 Å². The predicted molar refractivity (Wildman–Crippen MR) is 112 cm³/mol. The van der Waals surface area contributed by atoms with E-state index in [2.05, 4.69) is 34.7 Å². The summed E-state index contributed by atoms with van der Waals surface area (Å²) < 4.78 is 16.9. The van der Waals surface area contributed by atoms with Crippen molar-refractivity contribution in [2.75, 3.05) is 39.5 Å². The Morgan fingerprint density at radius 1 is 1.04 bits per heavy atom. The van der Waals surface area contributed by atoms with Crippen molar-refractivity contribution in [3.8, 4) is 11.5 Å². The first kappa shape index (κ1) is 23.1. The summed E-state index contributed by atoms with van der Waals surface area (Å²) >= 11 is 0. The Morgan fingerprint density at radius 3 is 2.44 bits per heavy atom. The van der Waals surface area contributed by atoms with Crippen LogP contribution in [0.4, 0.5) is 0 Å². The lowest BCUT2D eigenvalue weighted by Crippen LogP contribution is -2.38. The zero-order chi connectivity index (χ0) is 19.9. The molecule has 0 aromatic heterocycles. The summed E-state index contributed by atoms with van der Waals surface area (Å²) in [6.45, 7) is 14.5. The van der Waals surface area contributed by atoms with Crippen LogP contribution in [0, 0.1) is 0 Å². The van der Waals surface area contributed by atoms with Crippen LogP contribution in [0.2, 0.25) is 0 Å². The number of nitrogens with one attached hydrogen (secondary N) is 2. The van der Waals surface area contributed by atoms with Gasteiger partial charge < -0.3 is 24.8 Å². The van der Waals surface area contributed by atoms with Gasteiger partial charge in [-0.25, -0.2) is 0 Å². The molecule has 0 saturated heterocycles. The average Bonchev–Trinajstić information content (AvgIpc) is 2.63. The van der Waals surface area contributed by atoms with Gasteiger partial charge in [-0.05, 0) is 65.2 Å². The highest BCUT2D eigenvalue weighted by Gasteiger charge is 2.06. The van der Waals surface area contributed by atoms with E-state index in [-0.39, 0.29) is 6.10 Å². The second kappa shape index (κ2) is 14.2. The molecule has 0 amide bonds. The summed E-state index contributed by atoms with van der Waals surface area (Å²) in [7, 11) is 0. The van der Waals surface area contributed by atoms with Gasteiger partial charge in [-0.2, -0.15) is 0 Å². The van der Waals surface area contributed by atoms with Gasteiger partial charge in [0, 0.05) is 26.2 Å². The zero-order valence-electron chi connectivity index (χ0n) is 17.6. The molecule has 0 saturated carbocycles. The summed E-state index contributed by atoms with van der Waals surface area (Å²) in [6, 6.07) is 6.13.